The second-order valence-corrected chi connectivity index (χ2v) is 6.51. The van der Waals surface area contributed by atoms with Crippen molar-refractivity contribution in [3.8, 4) is 5.69 Å². The van der Waals surface area contributed by atoms with Crippen molar-refractivity contribution < 1.29 is 9.18 Å². The topological polar surface area (TPSA) is 73.0 Å². The summed E-state index contributed by atoms with van der Waals surface area (Å²) in [6.45, 7) is -0.0473. The number of hydrogen-bond acceptors (Lipinski definition) is 4. The Kier molecular flexibility index (Phi) is 4.53. The Labute approximate surface area is 154 Å². The van der Waals surface area contributed by atoms with E-state index in [2.05, 4.69) is 10.4 Å². The van der Waals surface area contributed by atoms with Crippen LogP contribution in [0.2, 0.25) is 0 Å². The van der Waals surface area contributed by atoms with Crippen molar-refractivity contribution in [1.82, 2.24) is 24.7 Å². The predicted molar refractivity (Wildman–Crippen MR) is 95.6 cm³/mol. The Bertz CT molecular complexity index is 1010. The van der Waals surface area contributed by atoms with Gasteiger partial charge in [0, 0.05) is 18.2 Å². The van der Waals surface area contributed by atoms with Gasteiger partial charge in [0.2, 0.25) is 5.91 Å². The molecule has 0 unspecified atom stereocenters. The first kappa shape index (κ1) is 17.1. The largest absolute Gasteiger partial charge is 0.368 e. The highest BCUT2D eigenvalue weighted by molar-refractivity contribution is 5.76. The summed E-state index contributed by atoms with van der Waals surface area (Å²) in [6, 6.07) is 15.3. The summed E-state index contributed by atoms with van der Waals surface area (Å²) in [5.41, 5.74) is 0.542. The Hall–Kier alpha value is -3.29. The first-order valence-electron chi connectivity index (χ1n) is 8.74. The summed E-state index contributed by atoms with van der Waals surface area (Å²) < 4.78 is 16.1. The molecule has 1 aliphatic carbocycles. The molecule has 1 aromatic heterocycles. The van der Waals surface area contributed by atoms with E-state index in [0.717, 1.165) is 22.2 Å². The lowest BCUT2D eigenvalue weighted by molar-refractivity contribution is -0.133. The Morgan fingerprint density at radius 3 is 2.48 bits per heavy atom. The van der Waals surface area contributed by atoms with Gasteiger partial charge in [0.1, 0.15) is 12.4 Å². The van der Waals surface area contributed by atoms with Crippen molar-refractivity contribution in [2.75, 3.05) is 0 Å². The van der Waals surface area contributed by atoms with Gasteiger partial charge in [0.05, 0.1) is 5.69 Å². The minimum atomic E-state index is -0.490. The number of carbonyl (C=O) groups is 1. The summed E-state index contributed by atoms with van der Waals surface area (Å²) in [5.74, 6) is -0.619. The van der Waals surface area contributed by atoms with Crippen LogP contribution in [0.3, 0.4) is 0 Å². The molecule has 1 aliphatic rings. The summed E-state index contributed by atoms with van der Waals surface area (Å²) in [4.78, 5) is 26.9. The molecule has 1 heterocycles. The van der Waals surface area contributed by atoms with Crippen LogP contribution in [0.1, 0.15) is 18.4 Å². The lowest BCUT2D eigenvalue weighted by atomic mass is 10.2. The van der Waals surface area contributed by atoms with Crippen molar-refractivity contribution in [2.24, 2.45) is 0 Å². The molecule has 0 N–H and O–H groups in total. The first-order chi connectivity index (χ1) is 13.1. The standard InChI is InChI=1S/C19H18FN5O2/c20-17-9-5-4-6-14(17)12-23(15-10-11-15)18(26)13-24-19(27)25(22-21-24)16-7-2-1-3-8-16/h1-9,15H,10-13H2. The van der Waals surface area contributed by atoms with E-state index >= 15 is 0 Å². The number of amides is 1. The van der Waals surface area contributed by atoms with E-state index < -0.39 is 5.69 Å². The molecule has 0 bridgehead atoms. The van der Waals surface area contributed by atoms with E-state index in [9.17, 15) is 14.0 Å². The summed E-state index contributed by atoms with van der Waals surface area (Å²) >= 11 is 0. The molecule has 27 heavy (non-hydrogen) atoms. The number of tetrazole rings is 1. The van der Waals surface area contributed by atoms with Gasteiger partial charge in [-0.05, 0) is 41.5 Å². The Morgan fingerprint density at radius 2 is 1.78 bits per heavy atom. The van der Waals surface area contributed by atoms with E-state index in [4.69, 9.17) is 0 Å². The van der Waals surface area contributed by atoms with Gasteiger partial charge in [-0.2, -0.15) is 9.36 Å². The molecule has 0 saturated heterocycles. The van der Waals surface area contributed by atoms with Gasteiger partial charge in [-0.1, -0.05) is 36.4 Å². The molecule has 8 heteroatoms. The molecule has 2 aromatic carbocycles. The van der Waals surface area contributed by atoms with Crippen LogP contribution >= 0.6 is 0 Å². The third-order valence-corrected chi connectivity index (χ3v) is 4.53. The number of nitrogens with zero attached hydrogens (tertiary/aromatic N) is 5. The molecule has 0 aliphatic heterocycles. The minimum Gasteiger partial charge on any atom is -0.334 e. The fourth-order valence-electron chi connectivity index (χ4n) is 2.94. The van der Waals surface area contributed by atoms with Gasteiger partial charge < -0.3 is 4.90 Å². The average molecular weight is 367 g/mol. The molecule has 0 atom stereocenters. The second kappa shape index (κ2) is 7.14. The van der Waals surface area contributed by atoms with E-state index in [0.29, 0.717) is 11.3 Å². The molecule has 1 fully saturated rings. The van der Waals surface area contributed by atoms with Crippen LogP contribution in [0.5, 0.6) is 0 Å². The maximum Gasteiger partial charge on any atom is 0.368 e. The zero-order valence-corrected chi connectivity index (χ0v) is 14.5. The fourth-order valence-corrected chi connectivity index (χ4v) is 2.94. The highest BCUT2D eigenvalue weighted by atomic mass is 19.1. The summed E-state index contributed by atoms with van der Waals surface area (Å²) in [7, 11) is 0. The van der Waals surface area contributed by atoms with Gasteiger partial charge >= 0.3 is 5.69 Å². The number of aromatic nitrogens is 4. The van der Waals surface area contributed by atoms with Crippen molar-refractivity contribution in [1.29, 1.82) is 0 Å². The van der Waals surface area contributed by atoms with Crippen molar-refractivity contribution >= 4 is 5.91 Å². The highest BCUT2D eigenvalue weighted by Crippen LogP contribution is 2.29. The lowest BCUT2D eigenvalue weighted by Crippen LogP contribution is -2.38. The molecule has 1 saturated carbocycles. The van der Waals surface area contributed by atoms with Gasteiger partial charge in [0.25, 0.3) is 0 Å². The van der Waals surface area contributed by atoms with Crippen LogP contribution in [0, 0.1) is 5.82 Å². The van der Waals surface area contributed by atoms with Gasteiger partial charge in [-0.25, -0.2) is 9.18 Å². The van der Waals surface area contributed by atoms with E-state index in [-0.39, 0.29) is 30.9 Å². The summed E-state index contributed by atoms with van der Waals surface area (Å²) in [5, 5.41) is 7.66. The normalized spacial score (nSPS) is 13.5. The van der Waals surface area contributed by atoms with Gasteiger partial charge in [0.15, 0.2) is 0 Å². The van der Waals surface area contributed by atoms with Crippen molar-refractivity contribution in [2.45, 2.75) is 32.0 Å². The second-order valence-electron chi connectivity index (χ2n) is 6.51. The molecule has 4 rings (SSSR count). The van der Waals surface area contributed by atoms with Gasteiger partial charge in [-0.3, -0.25) is 4.79 Å². The van der Waals surface area contributed by atoms with Crippen molar-refractivity contribution in [3.63, 3.8) is 0 Å². The zero-order chi connectivity index (χ0) is 18.8. The molecule has 1 amide bonds. The first-order valence-corrected chi connectivity index (χ1v) is 8.74. The Balaban J connectivity index is 1.53. The maximum atomic E-state index is 14.0. The smallest absolute Gasteiger partial charge is 0.334 e. The van der Waals surface area contributed by atoms with Crippen LogP contribution in [0.15, 0.2) is 59.4 Å². The SMILES string of the molecule is O=C(Cn1nnn(-c2ccccc2)c1=O)N(Cc1ccccc1F)C1CC1. The number of benzene rings is 2. The maximum absolute atomic E-state index is 14.0. The lowest BCUT2D eigenvalue weighted by Gasteiger charge is -2.22. The van der Waals surface area contributed by atoms with Crippen LogP contribution in [-0.2, 0) is 17.9 Å². The fraction of sp³-hybridized carbons (Fsp3) is 0.263. The average Bonchev–Trinajstić information content (AvgIpc) is 3.46. The number of carbonyl (C=O) groups excluding carboxylic acids is 1. The Morgan fingerprint density at radius 1 is 1.07 bits per heavy atom. The van der Waals surface area contributed by atoms with Crippen LogP contribution in [0.25, 0.3) is 5.69 Å². The molecule has 3 aromatic rings. The van der Waals surface area contributed by atoms with E-state index in [1.54, 1.807) is 47.4 Å². The molecule has 138 valence electrons. The number of para-hydroxylation sites is 1. The zero-order valence-electron chi connectivity index (χ0n) is 14.5. The van der Waals surface area contributed by atoms with Crippen molar-refractivity contribution in [3.05, 3.63) is 76.5 Å². The third-order valence-electron chi connectivity index (χ3n) is 4.53. The number of halogens is 1. The van der Waals surface area contributed by atoms with Gasteiger partial charge in [-0.15, -0.1) is 0 Å². The quantitative estimate of drug-likeness (QED) is 0.666. The van der Waals surface area contributed by atoms with Crippen LogP contribution in [0.4, 0.5) is 4.39 Å². The van der Waals surface area contributed by atoms with E-state index in [1.165, 1.54) is 6.07 Å². The molecule has 7 nitrogen and oxygen atoms in total. The number of rotatable bonds is 6. The molecule has 0 spiro atoms. The summed E-state index contributed by atoms with van der Waals surface area (Å²) in [6.07, 6.45) is 1.76. The molecule has 0 radical (unpaired) electrons. The monoisotopic (exact) mass is 367 g/mol. The molecular weight excluding hydrogens is 349 g/mol. The van der Waals surface area contributed by atoms with Crippen LogP contribution in [-0.4, -0.2) is 36.6 Å². The minimum absolute atomic E-state index is 0.0805. The highest BCUT2D eigenvalue weighted by Gasteiger charge is 2.33. The third kappa shape index (κ3) is 3.64. The number of hydrogen-bond donors (Lipinski definition) is 0. The predicted octanol–water partition coefficient (Wildman–Crippen LogP) is 1.76. The van der Waals surface area contributed by atoms with E-state index in [1.807, 2.05) is 6.07 Å². The molecular formula is C19H18FN5O2. The van der Waals surface area contributed by atoms with Crippen LogP contribution < -0.4 is 5.69 Å².